The van der Waals surface area contributed by atoms with E-state index in [9.17, 15) is 19.1 Å². The van der Waals surface area contributed by atoms with Gasteiger partial charge in [0.15, 0.2) is 0 Å². The molecule has 2 unspecified atom stereocenters. The summed E-state index contributed by atoms with van der Waals surface area (Å²) in [5.74, 6) is 0.0596. The normalized spacial score (nSPS) is 21.9. The van der Waals surface area contributed by atoms with Crippen molar-refractivity contribution in [2.24, 2.45) is 5.92 Å². The first-order valence-electron chi connectivity index (χ1n) is 12.4. The number of likely N-dealkylation sites (tertiary alicyclic amines) is 1. The predicted octanol–water partition coefficient (Wildman–Crippen LogP) is 5.28. The summed E-state index contributed by atoms with van der Waals surface area (Å²) in [7, 11) is 0. The predicted molar refractivity (Wildman–Crippen MR) is 137 cm³/mol. The Labute approximate surface area is 217 Å². The Kier molecular flexibility index (Phi) is 6.92. The van der Waals surface area contributed by atoms with Crippen LogP contribution in [0.1, 0.15) is 48.8 Å². The molecule has 2 fully saturated rings. The summed E-state index contributed by atoms with van der Waals surface area (Å²) < 4.78 is 26.0. The Morgan fingerprint density at radius 1 is 1.25 bits per heavy atom. The minimum Gasteiger partial charge on any atom is -0.489 e. The molecule has 2 atom stereocenters. The fourth-order valence-corrected chi connectivity index (χ4v) is 5.86. The van der Waals surface area contributed by atoms with Crippen molar-refractivity contribution in [3.63, 3.8) is 0 Å². The van der Waals surface area contributed by atoms with Crippen LogP contribution in [0.25, 0.3) is 11.0 Å². The average Bonchev–Trinajstić information content (AvgIpc) is 2.85. The van der Waals surface area contributed by atoms with Gasteiger partial charge in [0.05, 0.1) is 17.6 Å². The Balaban J connectivity index is 1.31. The fraction of sp³-hybridized carbons (Fsp3) is 0.429. The highest BCUT2D eigenvalue weighted by Gasteiger charge is 2.43. The largest absolute Gasteiger partial charge is 0.489 e. The highest BCUT2D eigenvalue weighted by Crippen LogP contribution is 2.40. The number of benzene rings is 2. The summed E-state index contributed by atoms with van der Waals surface area (Å²) >= 11 is 3.24. The second kappa shape index (κ2) is 9.98. The zero-order valence-corrected chi connectivity index (χ0v) is 21.8. The zero-order chi connectivity index (χ0) is 25.4. The Bertz CT molecular complexity index is 1370. The lowest BCUT2D eigenvalue weighted by molar-refractivity contribution is -0.142. The molecule has 1 N–H and O–H groups in total. The molecule has 1 aromatic heterocycles. The molecule has 1 aliphatic carbocycles. The maximum Gasteiger partial charge on any atom is 0.340 e. The second-order valence-electron chi connectivity index (χ2n) is 9.99. The molecule has 1 saturated heterocycles. The third-order valence-electron chi connectivity index (χ3n) is 7.78. The summed E-state index contributed by atoms with van der Waals surface area (Å²) in [6, 6.07) is 9.91. The number of hydrogen-bond donors (Lipinski definition) is 1. The van der Waals surface area contributed by atoms with Gasteiger partial charge in [0.25, 0.3) is 0 Å². The minimum absolute atomic E-state index is 0.0314. The van der Waals surface area contributed by atoms with E-state index in [0.717, 1.165) is 31.1 Å². The van der Waals surface area contributed by atoms with Gasteiger partial charge in [-0.3, -0.25) is 4.79 Å². The molecule has 6 nitrogen and oxygen atoms in total. The van der Waals surface area contributed by atoms with Crippen LogP contribution in [-0.2, 0) is 17.8 Å². The van der Waals surface area contributed by atoms with Gasteiger partial charge in [-0.05, 0) is 56.0 Å². The molecular weight excluding hydrogens is 529 g/mol. The summed E-state index contributed by atoms with van der Waals surface area (Å²) in [4.78, 5) is 27.7. The molecule has 5 rings (SSSR count). The quantitative estimate of drug-likeness (QED) is 0.432. The van der Waals surface area contributed by atoms with Crippen molar-refractivity contribution < 1.29 is 23.4 Å². The van der Waals surface area contributed by atoms with Gasteiger partial charge in [0.1, 0.15) is 23.8 Å². The third-order valence-corrected chi connectivity index (χ3v) is 8.27. The molecule has 2 aliphatic rings. The first-order chi connectivity index (χ1) is 17.2. The van der Waals surface area contributed by atoms with E-state index in [0.29, 0.717) is 52.0 Å². The Morgan fingerprint density at radius 2 is 2.08 bits per heavy atom. The van der Waals surface area contributed by atoms with Crippen LogP contribution in [0.4, 0.5) is 4.39 Å². The number of carbonyl (C=O) groups excluding carboxylic acids is 1. The molecule has 36 heavy (non-hydrogen) atoms. The van der Waals surface area contributed by atoms with Crippen LogP contribution in [0.15, 0.2) is 50.1 Å². The number of nitrogens with zero attached hydrogens (tertiary/aromatic N) is 1. The van der Waals surface area contributed by atoms with Crippen LogP contribution in [0, 0.1) is 18.7 Å². The SMILES string of the molecule is Cc1c(CC(=O)N2CCC3(O)CCCCC3C2)c(=O)oc2cc(OCc3ccc(Br)cc3F)ccc12. The third kappa shape index (κ3) is 4.93. The maximum absolute atomic E-state index is 14.1. The monoisotopic (exact) mass is 557 g/mol. The van der Waals surface area contributed by atoms with E-state index < -0.39 is 11.2 Å². The van der Waals surface area contributed by atoms with Gasteiger partial charge in [-0.25, -0.2) is 9.18 Å². The van der Waals surface area contributed by atoms with Crippen LogP contribution < -0.4 is 10.4 Å². The molecule has 190 valence electrons. The van der Waals surface area contributed by atoms with E-state index >= 15 is 0 Å². The molecule has 1 aliphatic heterocycles. The van der Waals surface area contributed by atoms with E-state index in [1.807, 2.05) is 6.92 Å². The number of aliphatic hydroxyl groups is 1. The van der Waals surface area contributed by atoms with E-state index in [4.69, 9.17) is 9.15 Å². The minimum atomic E-state index is -0.657. The number of aryl methyl sites for hydroxylation is 1. The first kappa shape index (κ1) is 25.0. The smallest absolute Gasteiger partial charge is 0.340 e. The highest BCUT2D eigenvalue weighted by atomic mass is 79.9. The van der Waals surface area contributed by atoms with Gasteiger partial charge < -0.3 is 19.2 Å². The van der Waals surface area contributed by atoms with Crippen molar-refractivity contribution in [1.82, 2.24) is 4.90 Å². The summed E-state index contributed by atoms with van der Waals surface area (Å²) in [6.07, 6.45) is 4.39. The van der Waals surface area contributed by atoms with Gasteiger partial charge in [0, 0.05) is 40.5 Å². The Morgan fingerprint density at radius 3 is 2.89 bits per heavy atom. The van der Waals surface area contributed by atoms with Crippen molar-refractivity contribution in [1.29, 1.82) is 0 Å². The maximum atomic E-state index is 14.1. The molecule has 1 saturated carbocycles. The van der Waals surface area contributed by atoms with Gasteiger partial charge in [-0.1, -0.05) is 34.8 Å². The van der Waals surface area contributed by atoms with Crippen LogP contribution in [-0.4, -0.2) is 34.6 Å². The lowest BCUT2D eigenvalue weighted by atomic mass is 9.71. The standard InChI is InChI=1S/C28H29BrFNO5/c1-17-22-8-7-21(35-16-18-5-6-20(29)12-24(18)30)13-25(22)36-27(33)23(17)14-26(32)31-11-10-28(34)9-3-2-4-19(28)15-31/h5-8,12-13,19,34H,2-4,9-11,14-16H2,1H3. The lowest BCUT2D eigenvalue weighted by Gasteiger charge is -2.47. The number of halogens is 2. The van der Waals surface area contributed by atoms with Gasteiger partial charge in [-0.15, -0.1) is 0 Å². The van der Waals surface area contributed by atoms with Crippen LogP contribution >= 0.6 is 15.9 Å². The van der Waals surface area contributed by atoms with Crippen LogP contribution in [0.5, 0.6) is 5.75 Å². The molecule has 2 heterocycles. The fourth-order valence-electron chi connectivity index (χ4n) is 5.53. The average molecular weight is 558 g/mol. The van der Waals surface area contributed by atoms with Gasteiger partial charge >= 0.3 is 5.63 Å². The molecule has 0 radical (unpaired) electrons. The number of amides is 1. The van der Waals surface area contributed by atoms with Crippen molar-refractivity contribution in [2.45, 2.75) is 57.7 Å². The van der Waals surface area contributed by atoms with Crippen LogP contribution in [0.3, 0.4) is 0 Å². The molecule has 2 aromatic carbocycles. The van der Waals surface area contributed by atoms with Crippen molar-refractivity contribution >= 4 is 32.8 Å². The number of fused-ring (bicyclic) bond motifs is 2. The van der Waals surface area contributed by atoms with Crippen molar-refractivity contribution in [3.8, 4) is 5.75 Å². The molecular formula is C28H29BrFNO5. The van der Waals surface area contributed by atoms with E-state index in [1.165, 1.54) is 6.07 Å². The summed E-state index contributed by atoms with van der Waals surface area (Å²) in [5.41, 5.74) is 0.613. The second-order valence-corrected chi connectivity index (χ2v) is 10.9. The molecule has 1 amide bonds. The first-order valence-corrected chi connectivity index (χ1v) is 13.2. The summed E-state index contributed by atoms with van der Waals surface area (Å²) in [6.45, 7) is 2.89. The highest BCUT2D eigenvalue weighted by molar-refractivity contribution is 9.10. The van der Waals surface area contributed by atoms with Gasteiger partial charge in [0.2, 0.25) is 5.91 Å². The molecule has 0 bridgehead atoms. The number of piperidine rings is 1. The van der Waals surface area contributed by atoms with Crippen molar-refractivity contribution in [3.05, 3.63) is 73.8 Å². The van der Waals surface area contributed by atoms with E-state index in [1.54, 1.807) is 35.2 Å². The number of hydrogen-bond acceptors (Lipinski definition) is 5. The molecule has 3 aromatic rings. The lowest BCUT2D eigenvalue weighted by Crippen LogP contribution is -2.55. The topological polar surface area (TPSA) is 80.0 Å². The van der Waals surface area contributed by atoms with Crippen LogP contribution in [0.2, 0.25) is 0 Å². The molecule has 8 heteroatoms. The number of carbonyl (C=O) groups is 1. The van der Waals surface area contributed by atoms with E-state index in [2.05, 4.69) is 15.9 Å². The van der Waals surface area contributed by atoms with E-state index in [-0.39, 0.29) is 30.7 Å². The molecule has 0 spiro atoms. The summed E-state index contributed by atoms with van der Waals surface area (Å²) in [5, 5.41) is 11.6. The van der Waals surface area contributed by atoms with Gasteiger partial charge in [-0.2, -0.15) is 0 Å². The zero-order valence-electron chi connectivity index (χ0n) is 20.2. The van der Waals surface area contributed by atoms with Crippen molar-refractivity contribution in [2.75, 3.05) is 13.1 Å². The number of ether oxygens (including phenoxy) is 1. The number of rotatable bonds is 5. The Hall–Kier alpha value is -2.71.